The Bertz CT molecular complexity index is 361. The SMILES string of the molecule is CCCCOc1cc(F)cc(C(=O)CC)c1. The van der Waals surface area contributed by atoms with Crippen LogP contribution in [0.15, 0.2) is 18.2 Å². The summed E-state index contributed by atoms with van der Waals surface area (Å²) in [4.78, 5) is 11.4. The molecule has 0 bridgehead atoms. The molecular formula is C13H17FO2. The standard InChI is InChI=1S/C13H17FO2/c1-3-5-6-16-12-8-10(13(15)4-2)7-11(14)9-12/h7-9H,3-6H2,1-2H3. The zero-order chi connectivity index (χ0) is 12.0. The van der Waals surface area contributed by atoms with Crippen molar-refractivity contribution >= 4 is 5.78 Å². The molecule has 0 saturated carbocycles. The quantitative estimate of drug-likeness (QED) is 0.545. The maximum atomic E-state index is 13.2. The van der Waals surface area contributed by atoms with Crippen molar-refractivity contribution in [1.82, 2.24) is 0 Å². The van der Waals surface area contributed by atoms with Crippen LogP contribution in [-0.2, 0) is 0 Å². The largest absolute Gasteiger partial charge is 0.493 e. The molecule has 0 heterocycles. The summed E-state index contributed by atoms with van der Waals surface area (Å²) in [6.07, 6.45) is 2.32. The zero-order valence-corrected chi connectivity index (χ0v) is 9.75. The van der Waals surface area contributed by atoms with E-state index in [2.05, 4.69) is 6.92 Å². The molecular weight excluding hydrogens is 207 g/mol. The van der Waals surface area contributed by atoms with E-state index >= 15 is 0 Å². The first-order valence-electron chi connectivity index (χ1n) is 5.64. The van der Waals surface area contributed by atoms with Gasteiger partial charge in [0.05, 0.1) is 6.61 Å². The maximum Gasteiger partial charge on any atom is 0.162 e. The van der Waals surface area contributed by atoms with Gasteiger partial charge in [0, 0.05) is 18.1 Å². The van der Waals surface area contributed by atoms with Gasteiger partial charge in [-0.3, -0.25) is 4.79 Å². The summed E-state index contributed by atoms with van der Waals surface area (Å²) in [5, 5.41) is 0. The number of hydrogen-bond acceptors (Lipinski definition) is 2. The fourth-order valence-electron chi connectivity index (χ4n) is 1.35. The Kier molecular flexibility index (Phi) is 4.96. The van der Waals surface area contributed by atoms with Gasteiger partial charge in [0.1, 0.15) is 11.6 Å². The van der Waals surface area contributed by atoms with Crippen molar-refractivity contribution in [3.05, 3.63) is 29.6 Å². The van der Waals surface area contributed by atoms with Crippen LogP contribution in [0.5, 0.6) is 5.75 Å². The molecule has 1 rings (SSSR count). The molecule has 16 heavy (non-hydrogen) atoms. The minimum atomic E-state index is -0.425. The van der Waals surface area contributed by atoms with Crippen molar-refractivity contribution in [3.63, 3.8) is 0 Å². The van der Waals surface area contributed by atoms with E-state index in [0.29, 0.717) is 24.3 Å². The number of ketones is 1. The summed E-state index contributed by atoms with van der Waals surface area (Å²) in [6, 6.07) is 4.16. The lowest BCUT2D eigenvalue weighted by Crippen LogP contribution is -2.01. The molecule has 0 atom stereocenters. The molecule has 88 valence electrons. The molecule has 1 aromatic rings. The predicted octanol–water partition coefficient (Wildman–Crippen LogP) is 3.60. The highest BCUT2D eigenvalue weighted by Gasteiger charge is 2.07. The summed E-state index contributed by atoms with van der Waals surface area (Å²) >= 11 is 0. The first kappa shape index (κ1) is 12.7. The lowest BCUT2D eigenvalue weighted by molar-refractivity contribution is 0.0987. The average molecular weight is 224 g/mol. The Morgan fingerprint density at radius 1 is 1.31 bits per heavy atom. The summed E-state index contributed by atoms with van der Waals surface area (Å²) in [6.45, 7) is 4.37. The highest BCUT2D eigenvalue weighted by molar-refractivity contribution is 5.96. The van der Waals surface area contributed by atoms with Gasteiger partial charge in [-0.1, -0.05) is 20.3 Å². The van der Waals surface area contributed by atoms with Crippen LogP contribution < -0.4 is 4.74 Å². The Morgan fingerprint density at radius 3 is 2.69 bits per heavy atom. The van der Waals surface area contributed by atoms with Crippen LogP contribution in [0.2, 0.25) is 0 Å². The van der Waals surface area contributed by atoms with Crippen LogP contribution in [0.4, 0.5) is 4.39 Å². The summed E-state index contributed by atoms with van der Waals surface area (Å²) in [5.74, 6) is -0.0594. The van der Waals surface area contributed by atoms with E-state index in [1.54, 1.807) is 13.0 Å². The van der Waals surface area contributed by atoms with Gasteiger partial charge in [-0.05, 0) is 18.6 Å². The number of rotatable bonds is 6. The van der Waals surface area contributed by atoms with Crippen LogP contribution in [0.3, 0.4) is 0 Å². The lowest BCUT2D eigenvalue weighted by atomic mass is 10.1. The van der Waals surface area contributed by atoms with Crippen molar-refractivity contribution in [2.75, 3.05) is 6.61 Å². The molecule has 0 fully saturated rings. The summed E-state index contributed by atoms with van der Waals surface area (Å²) in [7, 11) is 0. The van der Waals surface area contributed by atoms with Crippen LogP contribution in [-0.4, -0.2) is 12.4 Å². The molecule has 0 radical (unpaired) electrons. The minimum Gasteiger partial charge on any atom is -0.493 e. The fraction of sp³-hybridized carbons (Fsp3) is 0.462. The molecule has 0 saturated heterocycles. The van der Waals surface area contributed by atoms with Gasteiger partial charge in [0.2, 0.25) is 0 Å². The van der Waals surface area contributed by atoms with Gasteiger partial charge in [0.15, 0.2) is 5.78 Å². The second-order valence-electron chi connectivity index (χ2n) is 3.65. The number of halogens is 1. The second kappa shape index (κ2) is 6.26. The third-order valence-corrected chi connectivity index (χ3v) is 2.28. The number of unbranched alkanes of at least 4 members (excludes halogenated alkanes) is 1. The molecule has 0 aromatic heterocycles. The Balaban J connectivity index is 2.77. The van der Waals surface area contributed by atoms with Gasteiger partial charge in [-0.2, -0.15) is 0 Å². The number of carbonyl (C=O) groups is 1. The van der Waals surface area contributed by atoms with Crippen molar-refractivity contribution < 1.29 is 13.9 Å². The van der Waals surface area contributed by atoms with Gasteiger partial charge in [-0.15, -0.1) is 0 Å². The Labute approximate surface area is 95.4 Å². The predicted molar refractivity (Wildman–Crippen MR) is 61.4 cm³/mol. The van der Waals surface area contributed by atoms with Gasteiger partial charge in [0.25, 0.3) is 0 Å². The molecule has 0 amide bonds. The third kappa shape index (κ3) is 3.65. The zero-order valence-electron chi connectivity index (χ0n) is 9.75. The normalized spacial score (nSPS) is 10.2. The van der Waals surface area contributed by atoms with Crippen LogP contribution in [0.25, 0.3) is 0 Å². The number of benzene rings is 1. The molecule has 0 spiro atoms. The van der Waals surface area contributed by atoms with E-state index in [0.717, 1.165) is 12.8 Å². The van der Waals surface area contributed by atoms with E-state index in [1.165, 1.54) is 12.1 Å². The third-order valence-electron chi connectivity index (χ3n) is 2.28. The Morgan fingerprint density at radius 2 is 2.06 bits per heavy atom. The fourth-order valence-corrected chi connectivity index (χ4v) is 1.35. The molecule has 0 aliphatic carbocycles. The van der Waals surface area contributed by atoms with Crippen molar-refractivity contribution in [3.8, 4) is 5.75 Å². The molecule has 0 aliphatic heterocycles. The second-order valence-corrected chi connectivity index (χ2v) is 3.65. The monoisotopic (exact) mass is 224 g/mol. The average Bonchev–Trinajstić information content (AvgIpc) is 2.27. The van der Waals surface area contributed by atoms with Crippen LogP contribution in [0.1, 0.15) is 43.5 Å². The highest BCUT2D eigenvalue weighted by Crippen LogP contribution is 2.18. The lowest BCUT2D eigenvalue weighted by Gasteiger charge is -2.07. The van der Waals surface area contributed by atoms with Gasteiger partial charge in [-0.25, -0.2) is 4.39 Å². The van der Waals surface area contributed by atoms with Crippen molar-refractivity contribution in [2.45, 2.75) is 33.1 Å². The topological polar surface area (TPSA) is 26.3 Å². The Hall–Kier alpha value is -1.38. The minimum absolute atomic E-state index is 0.0696. The van der Waals surface area contributed by atoms with E-state index in [1.807, 2.05) is 0 Å². The van der Waals surface area contributed by atoms with E-state index in [-0.39, 0.29) is 5.78 Å². The number of hydrogen-bond donors (Lipinski definition) is 0. The molecule has 0 aliphatic rings. The molecule has 3 heteroatoms. The summed E-state index contributed by atoms with van der Waals surface area (Å²) in [5.41, 5.74) is 0.383. The summed E-state index contributed by atoms with van der Waals surface area (Å²) < 4.78 is 18.6. The van der Waals surface area contributed by atoms with Crippen molar-refractivity contribution in [1.29, 1.82) is 0 Å². The van der Waals surface area contributed by atoms with Crippen LogP contribution in [0, 0.1) is 5.82 Å². The smallest absolute Gasteiger partial charge is 0.162 e. The van der Waals surface area contributed by atoms with Crippen LogP contribution >= 0.6 is 0 Å². The first-order chi connectivity index (χ1) is 7.67. The van der Waals surface area contributed by atoms with Gasteiger partial charge < -0.3 is 4.74 Å². The van der Waals surface area contributed by atoms with Gasteiger partial charge >= 0.3 is 0 Å². The van der Waals surface area contributed by atoms with E-state index in [4.69, 9.17) is 4.74 Å². The maximum absolute atomic E-state index is 13.2. The first-order valence-corrected chi connectivity index (χ1v) is 5.64. The molecule has 2 nitrogen and oxygen atoms in total. The van der Waals surface area contributed by atoms with E-state index in [9.17, 15) is 9.18 Å². The van der Waals surface area contributed by atoms with E-state index < -0.39 is 5.82 Å². The molecule has 0 unspecified atom stereocenters. The highest BCUT2D eigenvalue weighted by atomic mass is 19.1. The number of ether oxygens (including phenoxy) is 1. The molecule has 0 N–H and O–H groups in total. The molecule has 1 aromatic carbocycles. The van der Waals surface area contributed by atoms with Crippen molar-refractivity contribution in [2.24, 2.45) is 0 Å². The number of carbonyl (C=O) groups excluding carboxylic acids is 1. The number of Topliss-reactive ketones (excluding diaryl/α,β-unsaturated/α-hetero) is 1.